The van der Waals surface area contributed by atoms with E-state index in [4.69, 9.17) is 4.74 Å². The van der Waals surface area contributed by atoms with E-state index in [-0.39, 0.29) is 24.0 Å². The third kappa shape index (κ3) is 8.28. The lowest BCUT2D eigenvalue weighted by Gasteiger charge is -2.22. The quantitative estimate of drug-likeness (QED) is 0.292. The van der Waals surface area contributed by atoms with Crippen LogP contribution in [0.3, 0.4) is 0 Å². The van der Waals surface area contributed by atoms with Gasteiger partial charge in [0.2, 0.25) is 0 Å². The van der Waals surface area contributed by atoms with Crippen LogP contribution in [0.15, 0.2) is 23.2 Å². The smallest absolute Gasteiger partial charge is 0.191 e. The van der Waals surface area contributed by atoms with Gasteiger partial charge in [0, 0.05) is 25.9 Å². The Hall–Kier alpha value is -0.890. The first kappa shape index (κ1) is 21.2. The minimum absolute atomic E-state index is 0. The van der Waals surface area contributed by atoms with Crippen LogP contribution in [-0.2, 0) is 11.3 Å². The zero-order valence-electron chi connectivity index (χ0n) is 14.9. The molecule has 0 aliphatic heterocycles. The largest absolute Gasteiger partial charge is 0.378 e. The normalized spacial score (nSPS) is 15.7. The number of aryl methyl sites for hydroxylation is 1. The van der Waals surface area contributed by atoms with Gasteiger partial charge in [0.1, 0.15) is 0 Å². The summed E-state index contributed by atoms with van der Waals surface area (Å²) in [5.74, 6) is 0.811. The molecule has 2 N–H and O–H groups in total. The van der Waals surface area contributed by atoms with Gasteiger partial charge in [0.25, 0.3) is 0 Å². The Balaban J connectivity index is 0.00000288. The van der Waals surface area contributed by atoms with Crippen LogP contribution in [0.25, 0.3) is 0 Å². The van der Waals surface area contributed by atoms with Crippen molar-refractivity contribution in [3.63, 3.8) is 0 Å². The predicted molar refractivity (Wildman–Crippen MR) is 110 cm³/mol. The minimum Gasteiger partial charge on any atom is -0.378 e. The number of halogens is 1. The molecule has 24 heavy (non-hydrogen) atoms. The number of hydrogen-bond donors (Lipinski definition) is 2. The first-order valence-corrected chi connectivity index (χ1v) is 8.76. The van der Waals surface area contributed by atoms with Gasteiger partial charge in [-0.2, -0.15) is 0 Å². The van der Waals surface area contributed by atoms with E-state index in [0.717, 1.165) is 36.9 Å². The van der Waals surface area contributed by atoms with Gasteiger partial charge in [-0.05, 0) is 38.3 Å². The number of aliphatic imine (C=N–C) groups is 1. The number of guanidine groups is 1. The van der Waals surface area contributed by atoms with Crippen LogP contribution in [0.4, 0.5) is 0 Å². The number of ether oxygens (including phenoxy) is 1. The van der Waals surface area contributed by atoms with Gasteiger partial charge in [0.05, 0.1) is 18.3 Å². The molecule has 0 unspecified atom stereocenters. The molecule has 0 atom stereocenters. The summed E-state index contributed by atoms with van der Waals surface area (Å²) >= 11 is 0. The van der Waals surface area contributed by atoms with Crippen molar-refractivity contribution in [1.29, 1.82) is 0 Å². The third-order valence-corrected chi connectivity index (χ3v) is 4.13. The van der Waals surface area contributed by atoms with Gasteiger partial charge in [-0.1, -0.05) is 25.3 Å². The summed E-state index contributed by atoms with van der Waals surface area (Å²) in [6.45, 7) is 4.38. The predicted octanol–water partition coefficient (Wildman–Crippen LogP) is 3.41. The van der Waals surface area contributed by atoms with E-state index in [1.54, 1.807) is 7.05 Å². The second kappa shape index (κ2) is 12.5. The molecule has 0 aromatic carbocycles. The number of pyridine rings is 1. The molecule has 1 aliphatic rings. The van der Waals surface area contributed by atoms with Crippen molar-refractivity contribution in [2.75, 3.05) is 20.2 Å². The average molecular weight is 446 g/mol. The van der Waals surface area contributed by atoms with Crippen molar-refractivity contribution in [3.05, 3.63) is 29.6 Å². The second-order valence-electron chi connectivity index (χ2n) is 6.11. The van der Waals surface area contributed by atoms with Crippen molar-refractivity contribution in [3.8, 4) is 0 Å². The van der Waals surface area contributed by atoms with E-state index in [1.807, 2.05) is 25.1 Å². The van der Waals surface area contributed by atoms with Gasteiger partial charge in [-0.15, -0.1) is 24.0 Å². The molecule has 136 valence electrons. The Morgan fingerprint density at radius 3 is 2.75 bits per heavy atom. The van der Waals surface area contributed by atoms with Gasteiger partial charge < -0.3 is 15.4 Å². The highest BCUT2D eigenvalue weighted by Gasteiger charge is 2.12. The lowest BCUT2D eigenvalue weighted by atomic mass is 9.98. The Labute approximate surface area is 163 Å². The Kier molecular flexibility index (Phi) is 11.0. The Morgan fingerprint density at radius 2 is 2.04 bits per heavy atom. The van der Waals surface area contributed by atoms with E-state index < -0.39 is 0 Å². The first-order valence-electron chi connectivity index (χ1n) is 8.76. The molecule has 1 aromatic rings. The van der Waals surface area contributed by atoms with Gasteiger partial charge in [-0.25, -0.2) is 0 Å². The highest BCUT2D eigenvalue weighted by Crippen LogP contribution is 2.20. The van der Waals surface area contributed by atoms with Crippen molar-refractivity contribution in [1.82, 2.24) is 15.6 Å². The molecule has 1 heterocycles. The highest BCUT2D eigenvalue weighted by molar-refractivity contribution is 14.0. The molecule has 0 bridgehead atoms. The molecular weight excluding hydrogens is 415 g/mol. The average Bonchev–Trinajstić information content (AvgIpc) is 2.58. The molecule has 6 heteroatoms. The molecule has 1 aliphatic carbocycles. The number of nitrogens with one attached hydrogen (secondary N) is 2. The van der Waals surface area contributed by atoms with Crippen LogP contribution in [0.2, 0.25) is 0 Å². The van der Waals surface area contributed by atoms with Crippen molar-refractivity contribution in [2.45, 2.75) is 58.1 Å². The second-order valence-corrected chi connectivity index (χ2v) is 6.11. The molecule has 1 saturated carbocycles. The molecule has 0 saturated heterocycles. The molecule has 0 spiro atoms. The Morgan fingerprint density at radius 1 is 1.25 bits per heavy atom. The summed E-state index contributed by atoms with van der Waals surface area (Å²) in [5, 5.41) is 6.61. The number of rotatable bonds is 7. The number of nitrogens with zero attached hydrogens (tertiary/aromatic N) is 2. The van der Waals surface area contributed by atoms with Crippen molar-refractivity contribution >= 4 is 29.9 Å². The summed E-state index contributed by atoms with van der Waals surface area (Å²) in [5.41, 5.74) is 2.06. The van der Waals surface area contributed by atoms with Crippen LogP contribution in [0.5, 0.6) is 0 Å². The lowest BCUT2D eigenvalue weighted by molar-refractivity contribution is 0.0277. The van der Waals surface area contributed by atoms with Gasteiger partial charge in [-0.3, -0.25) is 9.98 Å². The van der Waals surface area contributed by atoms with Crippen LogP contribution in [0.1, 0.15) is 49.9 Å². The summed E-state index contributed by atoms with van der Waals surface area (Å²) in [7, 11) is 1.79. The summed E-state index contributed by atoms with van der Waals surface area (Å²) < 4.78 is 5.93. The maximum absolute atomic E-state index is 5.93. The monoisotopic (exact) mass is 446 g/mol. The van der Waals surface area contributed by atoms with Crippen LogP contribution < -0.4 is 10.6 Å². The topological polar surface area (TPSA) is 58.5 Å². The SMILES string of the molecule is CN=C(NCCCOC1CCCCC1)NCc1cccc(C)n1.I. The fraction of sp³-hybridized carbons (Fsp3) is 0.667. The standard InChI is InChI=1S/C18H30N4O.HI/c1-15-8-6-9-16(22-15)14-21-18(19-2)20-12-7-13-23-17-10-4-3-5-11-17;/h6,8-9,17H,3-5,7,10-14H2,1-2H3,(H2,19,20,21);1H. The molecule has 5 nitrogen and oxygen atoms in total. The van der Waals surface area contributed by atoms with E-state index in [2.05, 4.69) is 20.6 Å². The summed E-state index contributed by atoms with van der Waals surface area (Å²) in [6, 6.07) is 6.05. The molecular formula is C18H31IN4O. The maximum Gasteiger partial charge on any atom is 0.191 e. The first-order chi connectivity index (χ1) is 11.3. The zero-order valence-corrected chi connectivity index (χ0v) is 17.2. The third-order valence-electron chi connectivity index (χ3n) is 4.13. The minimum atomic E-state index is 0. The van der Waals surface area contributed by atoms with Crippen LogP contribution in [-0.4, -0.2) is 37.2 Å². The van der Waals surface area contributed by atoms with Gasteiger partial charge in [0.15, 0.2) is 5.96 Å². The lowest BCUT2D eigenvalue weighted by Crippen LogP contribution is -2.37. The molecule has 1 aromatic heterocycles. The maximum atomic E-state index is 5.93. The van der Waals surface area contributed by atoms with Crippen LogP contribution >= 0.6 is 24.0 Å². The zero-order chi connectivity index (χ0) is 16.3. The van der Waals surface area contributed by atoms with Crippen molar-refractivity contribution < 1.29 is 4.74 Å². The van der Waals surface area contributed by atoms with E-state index in [9.17, 15) is 0 Å². The van der Waals surface area contributed by atoms with Crippen molar-refractivity contribution in [2.24, 2.45) is 4.99 Å². The van der Waals surface area contributed by atoms with E-state index in [1.165, 1.54) is 32.1 Å². The van der Waals surface area contributed by atoms with E-state index >= 15 is 0 Å². The number of aromatic nitrogens is 1. The summed E-state index contributed by atoms with van der Waals surface area (Å²) in [6.07, 6.45) is 7.99. The van der Waals surface area contributed by atoms with E-state index in [0.29, 0.717) is 12.6 Å². The molecule has 0 radical (unpaired) electrons. The summed E-state index contributed by atoms with van der Waals surface area (Å²) in [4.78, 5) is 8.71. The fourth-order valence-corrected chi connectivity index (χ4v) is 2.85. The molecule has 1 fully saturated rings. The van der Waals surface area contributed by atoms with Gasteiger partial charge >= 0.3 is 0 Å². The molecule has 0 amide bonds. The molecule has 2 rings (SSSR count). The van der Waals surface area contributed by atoms with Crippen LogP contribution in [0, 0.1) is 6.92 Å². The fourth-order valence-electron chi connectivity index (χ4n) is 2.85. The number of hydrogen-bond acceptors (Lipinski definition) is 3. The highest BCUT2D eigenvalue weighted by atomic mass is 127. The Bertz CT molecular complexity index is 490.